The van der Waals surface area contributed by atoms with Crippen LogP contribution in [0.4, 0.5) is 11.4 Å². The molecule has 0 bridgehead atoms. The fraction of sp³-hybridized carbons (Fsp3) is 0.333. The molecule has 3 heterocycles. The molecule has 0 saturated heterocycles. The van der Waals surface area contributed by atoms with Crippen LogP contribution in [-0.2, 0) is 4.79 Å². The number of halogens is 4. The van der Waals surface area contributed by atoms with Crippen LogP contribution in [0.3, 0.4) is 0 Å². The van der Waals surface area contributed by atoms with Crippen molar-refractivity contribution < 1.29 is 13.8 Å². The molecule has 2 fully saturated rings. The highest BCUT2D eigenvalue weighted by Gasteiger charge is 2.28. The predicted octanol–water partition coefficient (Wildman–Crippen LogP) is 8.63. The first-order valence-electron chi connectivity index (χ1n) is 13.5. The lowest BCUT2D eigenvalue weighted by Gasteiger charge is -2.07. The molecule has 13 heteroatoms. The second-order valence-electron chi connectivity index (χ2n) is 10.7. The van der Waals surface area contributed by atoms with E-state index in [4.69, 9.17) is 37.1 Å². The Kier molecular flexibility index (Phi) is 10.7. The van der Waals surface area contributed by atoms with Crippen molar-refractivity contribution in [1.82, 2.24) is 20.3 Å². The van der Waals surface area contributed by atoms with Gasteiger partial charge in [-0.25, -0.2) is 4.98 Å². The van der Waals surface area contributed by atoms with Gasteiger partial charge in [0.1, 0.15) is 22.9 Å². The Morgan fingerprint density at radius 1 is 0.884 bits per heavy atom. The third-order valence-corrected chi connectivity index (χ3v) is 9.25. The van der Waals surface area contributed by atoms with E-state index in [-0.39, 0.29) is 23.6 Å². The number of H-pyrrole nitrogens is 1. The van der Waals surface area contributed by atoms with E-state index in [1.807, 2.05) is 39.8 Å². The van der Waals surface area contributed by atoms with Crippen LogP contribution in [-0.4, -0.2) is 25.5 Å². The van der Waals surface area contributed by atoms with Crippen molar-refractivity contribution in [3.63, 3.8) is 0 Å². The molecular weight excluding hydrogens is 817 g/mol. The van der Waals surface area contributed by atoms with Gasteiger partial charge in [-0.15, -0.1) is 12.4 Å². The largest absolute Gasteiger partial charge is 0.397 e. The molecule has 2 aliphatic carbocycles. The number of hydrogen-bond acceptors (Lipinski definition) is 8. The molecule has 0 amide bonds. The van der Waals surface area contributed by atoms with Gasteiger partial charge in [-0.05, 0) is 146 Å². The monoisotopic (exact) mass is 848 g/mol. The smallest absolute Gasteiger partial charge is 0.224 e. The van der Waals surface area contributed by atoms with E-state index in [9.17, 15) is 4.79 Å². The number of imidazole rings is 1. The summed E-state index contributed by atoms with van der Waals surface area (Å²) in [4.78, 5) is 18.2. The van der Waals surface area contributed by atoms with Gasteiger partial charge in [0.05, 0.1) is 28.3 Å². The van der Waals surface area contributed by atoms with Crippen molar-refractivity contribution in [2.24, 2.45) is 5.92 Å². The van der Waals surface area contributed by atoms with Gasteiger partial charge in [0.2, 0.25) is 5.24 Å². The maximum atomic E-state index is 9.97. The fourth-order valence-electron chi connectivity index (χ4n) is 4.67. The molecule has 2 aliphatic rings. The molecule has 228 valence electrons. The first kappa shape index (κ1) is 33.5. The molecule has 2 saturated carbocycles. The molecule has 9 nitrogen and oxygen atoms in total. The van der Waals surface area contributed by atoms with Crippen LogP contribution in [0, 0.1) is 40.8 Å². The number of carbonyl (C=O) groups is 1. The van der Waals surface area contributed by atoms with Crippen molar-refractivity contribution in [3.05, 3.63) is 60.1 Å². The van der Waals surface area contributed by atoms with Gasteiger partial charge < -0.3 is 25.5 Å². The summed E-state index contributed by atoms with van der Waals surface area (Å²) in [6.45, 7) is 7.72. The molecular formula is C30H32Cl2I2N6O3. The Labute approximate surface area is 287 Å². The topological polar surface area (TPSA) is 150 Å². The number of benzene rings is 2. The summed E-state index contributed by atoms with van der Waals surface area (Å²) in [7, 11) is 0. The van der Waals surface area contributed by atoms with Gasteiger partial charge in [-0.2, -0.15) is 0 Å². The minimum Gasteiger partial charge on any atom is -0.397 e. The number of hydrogen-bond donors (Lipinski definition) is 3. The number of aryl methyl sites for hydroxylation is 4. The molecule has 0 spiro atoms. The van der Waals surface area contributed by atoms with E-state index < -0.39 is 0 Å². The van der Waals surface area contributed by atoms with Crippen molar-refractivity contribution >= 4 is 96.8 Å². The molecule has 5 N–H and O–H groups in total. The lowest BCUT2D eigenvalue weighted by atomic mass is 10.0. The first-order valence-corrected chi connectivity index (χ1v) is 16.1. The van der Waals surface area contributed by atoms with Crippen LogP contribution in [0.15, 0.2) is 33.3 Å². The SMILES string of the molecule is Cc1noc(C)c1-c1cc(I)c2nc(C3CC3)[nH]c2c1.Cc1noc(C)c1-c1cc(N)c(N)c(I)c1.Cl.O=C(Cl)C1CC1. The quantitative estimate of drug-likeness (QED) is 0.0925. The minimum absolute atomic E-state index is 0. The Balaban J connectivity index is 0.000000165. The van der Waals surface area contributed by atoms with E-state index in [1.165, 1.54) is 16.4 Å². The van der Waals surface area contributed by atoms with Crippen LogP contribution < -0.4 is 11.5 Å². The average molecular weight is 849 g/mol. The number of nitrogen functional groups attached to an aromatic ring is 2. The Bertz CT molecular complexity index is 1730. The third kappa shape index (κ3) is 7.66. The maximum Gasteiger partial charge on any atom is 0.224 e. The summed E-state index contributed by atoms with van der Waals surface area (Å²) in [5.41, 5.74) is 21.0. The summed E-state index contributed by atoms with van der Waals surface area (Å²) in [6.07, 6.45) is 4.55. The van der Waals surface area contributed by atoms with Crippen molar-refractivity contribution in [2.75, 3.05) is 11.5 Å². The number of fused-ring (bicyclic) bond motifs is 1. The van der Waals surface area contributed by atoms with E-state index in [0.29, 0.717) is 17.3 Å². The summed E-state index contributed by atoms with van der Waals surface area (Å²) >= 11 is 9.56. The number of nitrogens with two attached hydrogens (primary N) is 2. The lowest BCUT2D eigenvalue weighted by Crippen LogP contribution is -1.98. The van der Waals surface area contributed by atoms with Crippen LogP contribution in [0.25, 0.3) is 33.3 Å². The van der Waals surface area contributed by atoms with Gasteiger partial charge in [-0.3, -0.25) is 4.79 Å². The third-order valence-electron chi connectivity index (χ3n) is 7.23. The second-order valence-corrected chi connectivity index (χ2v) is 13.4. The van der Waals surface area contributed by atoms with Crippen LogP contribution in [0.1, 0.15) is 60.3 Å². The van der Waals surface area contributed by atoms with Crippen molar-refractivity contribution in [1.29, 1.82) is 0 Å². The zero-order chi connectivity index (χ0) is 30.3. The van der Waals surface area contributed by atoms with E-state index in [2.05, 4.69) is 72.6 Å². The first-order chi connectivity index (χ1) is 19.9. The van der Waals surface area contributed by atoms with Crippen LogP contribution in [0.2, 0.25) is 0 Å². The second kappa shape index (κ2) is 13.7. The summed E-state index contributed by atoms with van der Waals surface area (Å²) < 4.78 is 12.5. The summed E-state index contributed by atoms with van der Waals surface area (Å²) in [5, 5.41) is 7.81. The van der Waals surface area contributed by atoms with Crippen LogP contribution >= 0.6 is 69.2 Å². The van der Waals surface area contributed by atoms with E-state index in [1.54, 1.807) is 0 Å². The molecule has 7 rings (SSSR count). The standard InChI is InChI=1S/C15H14IN3O.C11H12IN3O.C4H5ClO.ClH/c1-7-13(8(2)20-19-7)10-5-11(16)14-12(6-10)17-15(18-14)9-3-4-9;1-5-10(6(2)16-15-5)7-3-8(12)11(14)9(13)4-7;5-4(6)3-1-2-3;/h5-6,9H,3-4H2,1-2H3,(H,17,18);3-4H,13-14H2,1-2H3;3H,1-2H2;1H. The summed E-state index contributed by atoms with van der Waals surface area (Å²) in [5.74, 6) is 3.65. The normalized spacial score (nSPS) is 13.9. The maximum absolute atomic E-state index is 9.97. The number of anilines is 2. The molecule has 0 unspecified atom stereocenters. The average Bonchev–Trinajstić information content (AvgIpc) is 3.86. The Morgan fingerprint density at radius 3 is 1.84 bits per heavy atom. The number of aromatic amines is 1. The molecule has 2 aromatic carbocycles. The van der Waals surface area contributed by atoms with Crippen molar-refractivity contribution in [3.8, 4) is 22.3 Å². The Morgan fingerprint density at radius 2 is 1.42 bits per heavy atom. The zero-order valence-electron chi connectivity index (χ0n) is 24.1. The highest BCUT2D eigenvalue weighted by Crippen LogP contribution is 2.40. The molecule has 5 aromatic rings. The zero-order valence-corrected chi connectivity index (χ0v) is 29.9. The van der Waals surface area contributed by atoms with Gasteiger partial charge in [0, 0.05) is 30.1 Å². The van der Waals surface area contributed by atoms with Gasteiger partial charge in [-0.1, -0.05) is 10.3 Å². The number of nitrogens with zero attached hydrogens (tertiary/aromatic N) is 3. The molecule has 0 atom stereocenters. The number of rotatable bonds is 4. The fourth-order valence-corrected chi connectivity index (χ4v) is 6.28. The molecule has 3 aromatic heterocycles. The summed E-state index contributed by atoms with van der Waals surface area (Å²) in [6, 6.07) is 8.15. The molecule has 0 aliphatic heterocycles. The number of carbonyl (C=O) groups excluding carboxylic acids is 1. The van der Waals surface area contributed by atoms with E-state index in [0.717, 1.165) is 78.4 Å². The number of nitrogens with one attached hydrogen (secondary N) is 1. The molecule has 0 radical (unpaired) electrons. The van der Waals surface area contributed by atoms with Gasteiger partial charge in [0.25, 0.3) is 0 Å². The van der Waals surface area contributed by atoms with Gasteiger partial charge in [0.15, 0.2) is 0 Å². The molecule has 43 heavy (non-hydrogen) atoms. The van der Waals surface area contributed by atoms with Crippen molar-refractivity contribution in [2.45, 2.75) is 59.3 Å². The number of aromatic nitrogens is 4. The minimum atomic E-state index is -0.157. The van der Waals surface area contributed by atoms with Gasteiger partial charge >= 0.3 is 0 Å². The van der Waals surface area contributed by atoms with Crippen LogP contribution in [0.5, 0.6) is 0 Å². The van der Waals surface area contributed by atoms with E-state index >= 15 is 0 Å². The predicted molar refractivity (Wildman–Crippen MR) is 190 cm³/mol. The highest BCUT2D eigenvalue weighted by atomic mass is 127. The lowest BCUT2D eigenvalue weighted by molar-refractivity contribution is -0.112. The Hall–Kier alpha value is -2.36. The highest BCUT2D eigenvalue weighted by molar-refractivity contribution is 14.1.